The highest BCUT2D eigenvalue weighted by Gasteiger charge is 2.11. The third kappa shape index (κ3) is 1.87. The Morgan fingerprint density at radius 1 is 1.40 bits per heavy atom. The first kappa shape index (κ1) is 9.79. The van der Waals surface area contributed by atoms with Crippen LogP contribution in [0.2, 0.25) is 5.02 Å². The maximum atomic E-state index is 5.77. The van der Waals surface area contributed by atoms with Crippen LogP contribution in [0.25, 0.3) is 11.5 Å². The van der Waals surface area contributed by atoms with Crippen molar-refractivity contribution in [3.8, 4) is 17.5 Å². The van der Waals surface area contributed by atoms with Gasteiger partial charge in [0.1, 0.15) is 0 Å². The number of nitrogens with zero attached hydrogens (tertiary/aromatic N) is 2. The molecule has 0 atom stereocenters. The second-order valence-electron chi connectivity index (χ2n) is 2.81. The molecule has 0 saturated heterocycles. The number of anilines is 1. The van der Waals surface area contributed by atoms with Gasteiger partial charge in [0.05, 0.1) is 12.7 Å². The molecule has 0 aliphatic carbocycles. The molecule has 0 radical (unpaired) electrons. The summed E-state index contributed by atoms with van der Waals surface area (Å²) < 4.78 is 9.94. The van der Waals surface area contributed by atoms with Gasteiger partial charge < -0.3 is 14.9 Å². The molecule has 0 amide bonds. The molecular weight excluding hydrogens is 218 g/mol. The zero-order valence-corrected chi connectivity index (χ0v) is 8.65. The molecule has 6 heteroatoms. The van der Waals surface area contributed by atoms with Gasteiger partial charge in [-0.3, -0.25) is 0 Å². The first-order chi connectivity index (χ1) is 7.20. The molecule has 0 spiro atoms. The Labute approximate surface area is 90.8 Å². The predicted molar refractivity (Wildman–Crippen MR) is 55.7 cm³/mol. The fourth-order valence-corrected chi connectivity index (χ4v) is 1.31. The zero-order valence-electron chi connectivity index (χ0n) is 7.90. The molecule has 1 heterocycles. The number of benzene rings is 1. The van der Waals surface area contributed by atoms with E-state index in [0.717, 1.165) is 0 Å². The van der Waals surface area contributed by atoms with Crippen LogP contribution in [0.5, 0.6) is 6.08 Å². The largest absolute Gasteiger partial charge is 0.452 e. The minimum Gasteiger partial charge on any atom is -0.452 e. The summed E-state index contributed by atoms with van der Waals surface area (Å²) in [5.74, 6) is 0.306. The van der Waals surface area contributed by atoms with Gasteiger partial charge in [-0.05, 0) is 18.2 Å². The smallest absolute Gasteiger partial charge is 0.414 e. The van der Waals surface area contributed by atoms with Crippen LogP contribution >= 0.6 is 11.6 Å². The van der Waals surface area contributed by atoms with Gasteiger partial charge in [0, 0.05) is 10.7 Å². The quantitative estimate of drug-likeness (QED) is 0.791. The summed E-state index contributed by atoms with van der Waals surface area (Å²) in [5, 5.41) is 7.99. The van der Waals surface area contributed by atoms with E-state index in [9.17, 15) is 0 Å². The lowest BCUT2D eigenvalue weighted by atomic mass is 10.2. The van der Waals surface area contributed by atoms with E-state index in [1.807, 2.05) is 0 Å². The molecule has 1 aromatic carbocycles. The van der Waals surface area contributed by atoms with Crippen molar-refractivity contribution in [2.75, 3.05) is 12.8 Å². The van der Waals surface area contributed by atoms with Gasteiger partial charge in [-0.1, -0.05) is 16.7 Å². The lowest BCUT2D eigenvalue weighted by molar-refractivity contribution is 0.293. The average Bonchev–Trinajstić information content (AvgIpc) is 2.66. The first-order valence-electron chi connectivity index (χ1n) is 4.13. The van der Waals surface area contributed by atoms with E-state index in [1.54, 1.807) is 18.2 Å². The Bertz CT molecular complexity index is 484. The summed E-state index contributed by atoms with van der Waals surface area (Å²) in [6, 6.07) is 5.03. The van der Waals surface area contributed by atoms with Gasteiger partial charge in [0.15, 0.2) is 0 Å². The zero-order chi connectivity index (χ0) is 10.8. The molecule has 0 bridgehead atoms. The third-order valence-corrected chi connectivity index (χ3v) is 2.06. The molecular formula is C9H8ClN3O2. The molecule has 5 nitrogen and oxygen atoms in total. The van der Waals surface area contributed by atoms with Crippen LogP contribution in [-0.2, 0) is 0 Å². The summed E-state index contributed by atoms with van der Waals surface area (Å²) in [5.41, 5.74) is 6.87. The molecule has 2 N–H and O–H groups in total. The highest BCUT2D eigenvalue weighted by molar-refractivity contribution is 6.31. The van der Waals surface area contributed by atoms with Gasteiger partial charge in [0.25, 0.3) is 5.89 Å². The van der Waals surface area contributed by atoms with E-state index < -0.39 is 0 Å². The maximum Gasteiger partial charge on any atom is 0.414 e. The lowest BCUT2D eigenvalue weighted by Gasteiger charge is -2.00. The third-order valence-electron chi connectivity index (χ3n) is 1.83. The first-order valence-corrected chi connectivity index (χ1v) is 4.51. The number of aromatic nitrogens is 2. The van der Waals surface area contributed by atoms with Gasteiger partial charge >= 0.3 is 6.08 Å². The highest BCUT2D eigenvalue weighted by atomic mass is 35.5. The number of ether oxygens (including phenoxy) is 1. The van der Waals surface area contributed by atoms with E-state index in [2.05, 4.69) is 10.2 Å². The molecule has 0 fully saturated rings. The van der Waals surface area contributed by atoms with Crippen molar-refractivity contribution in [3.05, 3.63) is 23.2 Å². The normalized spacial score (nSPS) is 10.3. The van der Waals surface area contributed by atoms with Crippen LogP contribution in [0.3, 0.4) is 0 Å². The number of nitrogen functional groups attached to an aromatic ring is 1. The molecule has 78 valence electrons. The van der Waals surface area contributed by atoms with Gasteiger partial charge in [-0.15, -0.1) is 5.10 Å². The van der Waals surface area contributed by atoms with Crippen LogP contribution in [0.15, 0.2) is 22.6 Å². The second-order valence-corrected chi connectivity index (χ2v) is 3.25. The highest BCUT2D eigenvalue weighted by Crippen LogP contribution is 2.28. The Balaban J connectivity index is 2.44. The fraction of sp³-hybridized carbons (Fsp3) is 0.111. The molecule has 2 aromatic rings. The molecule has 0 saturated carbocycles. The van der Waals surface area contributed by atoms with Gasteiger partial charge in [0.2, 0.25) is 0 Å². The van der Waals surface area contributed by atoms with Crippen molar-refractivity contribution in [1.29, 1.82) is 0 Å². The van der Waals surface area contributed by atoms with Gasteiger partial charge in [-0.2, -0.15) is 0 Å². The maximum absolute atomic E-state index is 5.77. The summed E-state index contributed by atoms with van der Waals surface area (Å²) in [7, 11) is 1.45. The Morgan fingerprint density at radius 2 is 2.20 bits per heavy atom. The van der Waals surface area contributed by atoms with E-state index in [-0.39, 0.29) is 6.08 Å². The molecule has 0 aliphatic rings. The number of hydrogen-bond donors (Lipinski definition) is 1. The number of methoxy groups -OCH3 is 1. The number of nitrogens with two attached hydrogens (primary N) is 1. The van der Waals surface area contributed by atoms with Crippen molar-refractivity contribution >= 4 is 17.3 Å². The molecule has 0 aliphatic heterocycles. The van der Waals surface area contributed by atoms with Crippen LogP contribution in [-0.4, -0.2) is 17.3 Å². The predicted octanol–water partition coefficient (Wildman–Crippen LogP) is 1.98. The Kier molecular flexibility index (Phi) is 2.47. The Morgan fingerprint density at radius 3 is 2.80 bits per heavy atom. The van der Waals surface area contributed by atoms with Crippen LogP contribution in [0, 0.1) is 0 Å². The summed E-state index contributed by atoms with van der Waals surface area (Å²) >= 11 is 5.77. The topological polar surface area (TPSA) is 74.2 Å². The molecule has 2 rings (SSSR count). The standard InChI is InChI=1S/C9H8ClN3O2/c1-14-9-13-12-8(15-9)6-3-2-5(10)4-7(6)11/h2-4H,11H2,1H3. The summed E-state index contributed by atoms with van der Waals surface area (Å²) in [6.45, 7) is 0. The number of halogens is 1. The monoisotopic (exact) mass is 225 g/mol. The van der Waals surface area contributed by atoms with E-state index in [1.165, 1.54) is 7.11 Å². The summed E-state index contributed by atoms with van der Waals surface area (Å²) in [6.07, 6.45) is 0.0966. The van der Waals surface area contributed by atoms with Crippen molar-refractivity contribution in [3.63, 3.8) is 0 Å². The van der Waals surface area contributed by atoms with Crippen LogP contribution in [0.1, 0.15) is 0 Å². The van der Waals surface area contributed by atoms with Crippen molar-refractivity contribution in [2.45, 2.75) is 0 Å². The van der Waals surface area contributed by atoms with Crippen LogP contribution in [0.4, 0.5) is 5.69 Å². The van der Waals surface area contributed by atoms with E-state index in [0.29, 0.717) is 22.2 Å². The molecule has 15 heavy (non-hydrogen) atoms. The fourth-order valence-electron chi connectivity index (χ4n) is 1.13. The molecule has 0 unspecified atom stereocenters. The van der Waals surface area contributed by atoms with Crippen molar-refractivity contribution in [1.82, 2.24) is 10.2 Å². The SMILES string of the molecule is COc1nnc(-c2ccc(Cl)cc2N)o1. The van der Waals surface area contributed by atoms with Gasteiger partial charge in [-0.25, -0.2) is 0 Å². The number of hydrogen-bond acceptors (Lipinski definition) is 5. The minimum absolute atomic E-state index is 0.0966. The second kappa shape index (κ2) is 3.78. The minimum atomic E-state index is 0.0966. The lowest BCUT2D eigenvalue weighted by Crippen LogP contribution is -1.89. The van der Waals surface area contributed by atoms with Crippen molar-refractivity contribution in [2.24, 2.45) is 0 Å². The van der Waals surface area contributed by atoms with E-state index >= 15 is 0 Å². The average molecular weight is 226 g/mol. The van der Waals surface area contributed by atoms with Crippen molar-refractivity contribution < 1.29 is 9.15 Å². The molecule has 1 aromatic heterocycles. The number of rotatable bonds is 2. The summed E-state index contributed by atoms with van der Waals surface area (Å²) in [4.78, 5) is 0. The van der Waals surface area contributed by atoms with E-state index in [4.69, 9.17) is 26.5 Å². The van der Waals surface area contributed by atoms with Crippen LogP contribution < -0.4 is 10.5 Å². The Hall–Kier alpha value is -1.75.